The molecule has 0 saturated heterocycles. The number of rotatable bonds is 5. The molecule has 54 valence electrons. The molecule has 2 nitrogen and oxygen atoms in total. The van der Waals surface area contributed by atoms with Crippen molar-refractivity contribution in [2.24, 2.45) is 11.1 Å². The van der Waals surface area contributed by atoms with E-state index in [-0.39, 0.29) is 0 Å². The molecule has 0 N–H and O–H groups in total. The van der Waals surface area contributed by atoms with E-state index in [0.29, 0.717) is 12.5 Å². The maximum atomic E-state index is 9.69. The van der Waals surface area contributed by atoms with Crippen LogP contribution in [0, 0.1) is 10.8 Å². The van der Waals surface area contributed by atoms with Crippen molar-refractivity contribution in [1.29, 1.82) is 0 Å². The quantitative estimate of drug-likeness (QED) is 0.524. The van der Waals surface area contributed by atoms with Crippen molar-refractivity contribution in [2.45, 2.75) is 33.1 Å². The van der Waals surface area contributed by atoms with E-state index in [1.807, 2.05) is 0 Å². The van der Waals surface area contributed by atoms with Gasteiger partial charge in [-0.25, -0.2) is 0 Å². The monoisotopic (exact) mass is 129 g/mol. The summed E-state index contributed by atoms with van der Waals surface area (Å²) in [7, 11) is 0. The Morgan fingerprint density at radius 1 is 1.33 bits per heavy atom. The Morgan fingerprint density at radius 2 is 1.89 bits per heavy atom. The largest absolute Gasteiger partial charge is 0.151 e. The Bertz CT molecular complexity index is 69.3. The Balaban J connectivity index is 3.19. The third-order valence-electron chi connectivity index (χ3n) is 1.78. The molecule has 0 aromatic rings. The van der Waals surface area contributed by atoms with Crippen LogP contribution in [0.15, 0.2) is 5.18 Å². The second-order valence-electron chi connectivity index (χ2n) is 2.32. The predicted molar refractivity (Wildman–Crippen MR) is 39.4 cm³/mol. The normalized spacial score (nSPS) is 10.1. The lowest BCUT2D eigenvalue weighted by molar-refractivity contribution is 0.463. The second-order valence-corrected chi connectivity index (χ2v) is 2.32. The van der Waals surface area contributed by atoms with Crippen LogP contribution in [0.1, 0.15) is 33.1 Å². The Morgan fingerprint density at radius 3 is 2.22 bits per heavy atom. The van der Waals surface area contributed by atoms with Crippen molar-refractivity contribution in [3.8, 4) is 0 Å². The topological polar surface area (TPSA) is 29.4 Å². The molecule has 0 heterocycles. The highest BCUT2D eigenvalue weighted by Gasteiger charge is 2.01. The zero-order valence-electron chi connectivity index (χ0n) is 6.26. The first-order valence-corrected chi connectivity index (χ1v) is 3.64. The van der Waals surface area contributed by atoms with Gasteiger partial charge in [-0.3, -0.25) is 0 Å². The van der Waals surface area contributed by atoms with Crippen molar-refractivity contribution in [3.63, 3.8) is 0 Å². The molecule has 0 radical (unpaired) electrons. The molecule has 0 fully saturated rings. The molecule has 0 saturated carbocycles. The van der Waals surface area contributed by atoms with Crippen molar-refractivity contribution < 1.29 is 0 Å². The smallest absolute Gasteiger partial charge is 0.0813 e. The standard InChI is InChI=1S/C7H15NO/c1-3-7(4-2)5-6-8-9/h7H,3-6H2,1-2H3. The molecule has 9 heavy (non-hydrogen) atoms. The summed E-state index contributed by atoms with van der Waals surface area (Å²) >= 11 is 0. The maximum absolute atomic E-state index is 9.69. The van der Waals surface area contributed by atoms with Crippen LogP contribution in [0.2, 0.25) is 0 Å². The molecule has 0 aromatic carbocycles. The molecule has 0 aliphatic heterocycles. The minimum absolute atomic E-state index is 0.492. The summed E-state index contributed by atoms with van der Waals surface area (Å²) < 4.78 is 0. The summed E-state index contributed by atoms with van der Waals surface area (Å²) in [4.78, 5) is 9.69. The van der Waals surface area contributed by atoms with Crippen LogP contribution < -0.4 is 0 Å². The number of hydrogen-bond donors (Lipinski definition) is 0. The van der Waals surface area contributed by atoms with Crippen molar-refractivity contribution in [1.82, 2.24) is 0 Å². The fourth-order valence-electron chi connectivity index (χ4n) is 0.932. The van der Waals surface area contributed by atoms with Crippen LogP contribution in [0.3, 0.4) is 0 Å². The van der Waals surface area contributed by atoms with Crippen LogP contribution in [0.4, 0.5) is 0 Å². The van der Waals surface area contributed by atoms with E-state index in [9.17, 15) is 4.91 Å². The molecule has 0 amide bonds. The van der Waals surface area contributed by atoms with Crippen molar-refractivity contribution in [2.75, 3.05) is 6.54 Å². The Labute approximate surface area is 56.6 Å². The molecule has 0 aliphatic rings. The Kier molecular flexibility index (Phi) is 5.48. The van der Waals surface area contributed by atoms with Gasteiger partial charge in [-0.1, -0.05) is 31.9 Å². The molecule has 2 heteroatoms. The lowest BCUT2D eigenvalue weighted by Gasteiger charge is -2.07. The fourth-order valence-corrected chi connectivity index (χ4v) is 0.932. The molecule has 0 atom stereocenters. The zero-order valence-corrected chi connectivity index (χ0v) is 6.26. The van der Waals surface area contributed by atoms with Crippen molar-refractivity contribution in [3.05, 3.63) is 4.91 Å². The van der Waals surface area contributed by atoms with Gasteiger partial charge in [0.25, 0.3) is 0 Å². The second kappa shape index (κ2) is 5.73. The van der Waals surface area contributed by atoms with Gasteiger partial charge >= 0.3 is 0 Å². The molecule has 0 spiro atoms. The van der Waals surface area contributed by atoms with Crippen LogP contribution in [0.25, 0.3) is 0 Å². The summed E-state index contributed by atoms with van der Waals surface area (Å²) in [6.45, 7) is 4.80. The van der Waals surface area contributed by atoms with Gasteiger partial charge in [0, 0.05) is 0 Å². The van der Waals surface area contributed by atoms with E-state index in [1.54, 1.807) is 0 Å². The minimum Gasteiger partial charge on any atom is -0.151 e. The van der Waals surface area contributed by atoms with E-state index < -0.39 is 0 Å². The summed E-state index contributed by atoms with van der Waals surface area (Å²) in [5.41, 5.74) is 0. The molecular weight excluding hydrogens is 114 g/mol. The van der Waals surface area contributed by atoms with E-state index in [1.165, 1.54) is 12.8 Å². The summed E-state index contributed by atoms with van der Waals surface area (Å²) in [5.74, 6) is 0.711. The van der Waals surface area contributed by atoms with Crippen LogP contribution in [0.5, 0.6) is 0 Å². The molecule has 0 rings (SSSR count). The fraction of sp³-hybridized carbons (Fsp3) is 1.00. The zero-order chi connectivity index (χ0) is 7.11. The average molecular weight is 129 g/mol. The van der Waals surface area contributed by atoms with E-state index in [4.69, 9.17) is 0 Å². The first-order valence-electron chi connectivity index (χ1n) is 3.64. The molecule has 0 bridgehead atoms. The van der Waals surface area contributed by atoms with Gasteiger partial charge in [0.05, 0.1) is 6.54 Å². The number of nitrogens with zero attached hydrogens (tertiary/aromatic N) is 1. The predicted octanol–water partition coefficient (Wildman–Crippen LogP) is 2.58. The molecule has 0 aliphatic carbocycles. The lowest BCUT2D eigenvalue weighted by Crippen LogP contribution is -1.97. The highest BCUT2D eigenvalue weighted by molar-refractivity contribution is 4.55. The molecule has 0 unspecified atom stereocenters. The van der Waals surface area contributed by atoms with Crippen LogP contribution >= 0.6 is 0 Å². The summed E-state index contributed by atoms with van der Waals surface area (Å²) in [6.07, 6.45) is 3.31. The van der Waals surface area contributed by atoms with Gasteiger partial charge in [-0.2, -0.15) is 4.91 Å². The van der Waals surface area contributed by atoms with Crippen LogP contribution in [-0.2, 0) is 0 Å². The third kappa shape index (κ3) is 4.13. The SMILES string of the molecule is CCC(CC)CCN=O. The first kappa shape index (κ1) is 8.60. The average Bonchev–Trinajstić information content (AvgIpc) is 1.91. The lowest BCUT2D eigenvalue weighted by atomic mass is 10.00. The van der Waals surface area contributed by atoms with Gasteiger partial charge in [-0.15, -0.1) is 0 Å². The van der Waals surface area contributed by atoms with E-state index in [2.05, 4.69) is 19.0 Å². The van der Waals surface area contributed by atoms with Gasteiger partial charge in [0.15, 0.2) is 0 Å². The van der Waals surface area contributed by atoms with Gasteiger partial charge in [-0.05, 0) is 12.3 Å². The molecular formula is C7H15NO. The number of nitroso groups, excluding NO2 is 1. The minimum atomic E-state index is 0.492. The maximum Gasteiger partial charge on any atom is 0.0813 e. The van der Waals surface area contributed by atoms with Crippen molar-refractivity contribution >= 4 is 0 Å². The number of hydrogen-bond acceptors (Lipinski definition) is 2. The van der Waals surface area contributed by atoms with Gasteiger partial charge in [0.1, 0.15) is 0 Å². The van der Waals surface area contributed by atoms with Gasteiger partial charge in [0.2, 0.25) is 0 Å². The van der Waals surface area contributed by atoms with E-state index in [0.717, 1.165) is 6.42 Å². The first-order chi connectivity index (χ1) is 4.35. The summed E-state index contributed by atoms with van der Waals surface area (Å²) in [5, 5.41) is 2.82. The highest BCUT2D eigenvalue weighted by atomic mass is 16.3. The third-order valence-corrected chi connectivity index (χ3v) is 1.78. The van der Waals surface area contributed by atoms with E-state index >= 15 is 0 Å². The Hall–Kier alpha value is -0.400. The van der Waals surface area contributed by atoms with Crippen LogP contribution in [-0.4, -0.2) is 6.54 Å². The molecule has 0 aromatic heterocycles. The highest BCUT2D eigenvalue weighted by Crippen LogP contribution is 2.11. The van der Waals surface area contributed by atoms with Gasteiger partial charge < -0.3 is 0 Å². The summed E-state index contributed by atoms with van der Waals surface area (Å²) in [6, 6.07) is 0.